The van der Waals surface area contributed by atoms with Gasteiger partial charge in [0.2, 0.25) is 5.88 Å². The van der Waals surface area contributed by atoms with Gasteiger partial charge in [0.25, 0.3) is 0 Å². The predicted molar refractivity (Wildman–Crippen MR) is 80.7 cm³/mol. The zero-order valence-corrected chi connectivity index (χ0v) is 12.9. The SMILES string of the molecule is CNCc1cc(Br)cnc1Oc1cccc(C)c1C. The van der Waals surface area contributed by atoms with Crippen molar-refractivity contribution in [3.63, 3.8) is 0 Å². The molecule has 0 fully saturated rings. The third kappa shape index (κ3) is 3.33. The number of aryl methyl sites for hydroxylation is 1. The second-order valence-corrected chi connectivity index (χ2v) is 5.36. The number of nitrogens with one attached hydrogen (secondary N) is 1. The Morgan fingerprint density at radius 3 is 2.84 bits per heavy atom. The smallest absolute Gasteiger partial charge is 0.223 e. The fourth-order valence-electron chi connectivity index (χ4n) is 1.82. The van der Waals surface area contributed by atoms with Crippen molar-refractivity contribution in [2.24, 2.45) is 0 Å². The number of hydrogen-bond donors (Lipinski definition) is 1. The van der Waals surface area contributed by atoms with E-state index in [9.17, 15) is 0 Å². The number of rotatable bonds is 4. The highest BCUT2D eigenvalue weighted by molar-refractivity contribution is 9.10. The van der Waals surface area contributed by atoms with E-state index in [4.69, 9.17) is 4.74 Å². The molecule has 0 saturated heterocycles. The van der Waals surface area contributed by atoms with Gasteiger partial charge in [-0.2, -0.15) is 0 Å². The van der Waals surface area contributed by atoms with Gasteiger partial charge in [0.05, 0.1) is 0 Å². The van der Waals surface area contributed by atoms with E-state index in [1.165, 1.54) is 5.56 Å². The highest BCUT2D eigenvalue weighted by atomic mass is 79.9. The number of ether oxygens (including phenoxy) is 1. The number of nitrogens with zero attached hydrogens (tertiary/aromatic N) is 1. The maximum absolute atomic E-state index is 5.96. The summed E-state index contributed by atoms with van der Waals surface area (Å²) in [7, 11) is 1.91. The molecular weight excluding hydrogens is 304 g/mol. The van der Waals surface area contributed by atoms with Gasteiger partial charge in [0.15, 0.2) is 0 Å². The number of pyridine rings is 1. The molecule has 0 radical (unpaired) electrons. The van der Waals surface area contributed by atoms with E-state index in [1.807, 2.05) is 25.2 Å². The minimum absolute atomic E-state index is 0.645. The third-order valence-corrected chi connectivity index (χ3v) is 3.45. The van der Waals surface area contributed by atoms with Gasteiger partial charge in [-0.15, -0.1) is 0 Å². The molecule has 1 N–H and O–H groups in total. The van der Waals surface area contributed by atoms with Crippen LogP contribution in [0.15, 0.2) is 34.9 Å². The first kappa shape index (κ1) is 14.0. The molecule has 3 nitrogen and oxygen atoms in total. The minimum atomic E-state index is 0.645. The van der Waals surface area contributed by atoms with Gasteiger partial charge in [-0.3, -0.25) is 0 Å². The Morgan fingerprint density at radius 2 is 2.11 bits per heavy atom. The lowest BCUT2D eigenvalue weighted by atomic mass is 10.1. The van der Waals surface area contributed by atoms with Crippen LogP contribution in [-0.2, 0) is 6.54 Å². The molecule has 0 aliphatic rings. The molecule has 0 spiro atoms. The molecule has 0 unspecified atom stereocenters. The van der Waals surface area contributed by atoms with Crippen LogP contribution in [0.4, 0.5) is 0 Å². The van der Waals surface area contributed by atoms with Crippen molar-refractivity contribution >= 4 is 15.9 Å². The van der Waals surface area contributed by atoms with Crippen LogP contribution < -0.4 is 10.1 Å². The number of aromatic nitrogens is 1. The zero-order valence-electron chi connectivity index (χ0n) is 11.3. The van der Waals surface area contributed by atoms with E-state index in [1.54, 1.807) is 6.20 Å². The van der Waals surface area contributed by atoms with Gasteiger partial charge in [0, 0.05) is 22.8 Å². The van der Waals surface area contributed by atoms with Crippen LogP contribution >= 0.6 is 15.9 Å². The van der Waals surface area contributed by atoms with Crippen molar-refractivity contribution in [1.82, 2.24) is 10.3 Å². The first-order chi connectivity index (χ1) is 9.11. The van der Waals surface area contributed by atoms with Gasteiger partial charge in [-0.25, -0.2) is 4.98 Å². The number of hydrogen-bond acceptors (Lipinski definition) is 3. The second-order valence-electron chi connectivity index (χ2n) is 4.45. The maximum atomic E-state index is 5.96. The van der Waals surface area contributed by atoms with Crippen LogP contribution in [0.25, 0.3) is 0 Å². The van der Waals surface area contributed by atoms with Crippen LogP contribution in [0.1, 0.15) is 16.7 Å². The van der Waals surface area contributed by atoms with E-state index in [2.05, 4.69) is 46.1 Å². The first-order valence-corrected chi connectivity index (χ1v) is 6.94. The highest BCUT2D eigenvalue weighted by Gasteiger charge is 2.09. The van der Waals surface area contributed by atoms with Crippen molar-refractivity contribution < 1.29 is 4.74 Å². The second kappa shape index (κ2) is 6.17. The summed E-state index contributed by atoms with van der Waals surface area (Å²) in [5, 5.41) is 3.12. The summed E-state index contributed by atoms with van der Waals surface area (Å²) in [6, 6.07) is 8.05. The molecule has 1 aromatic carbocycles. The third-order valence-electron chi connectivity index (χ3n) is 3.02. The first-order valence-electron chi connectivity index (χ1n) is 6.15. The Morgan fingerprint density at radius 1 is 1.32 bits per heavy atom. The predicted octanol–water partition coefficient (Wildman–Crippen LogP) is 3.97. The lowest BCUT2D eigenvalue weighted by Crippen LogP contribution is -2.07. The topological polar surface area (TPSA) is 34.2 Å². The van der Waals surface area contributed by atoms with Crippen molar-refractivity contribution in [3.05, 3.63) is 51.6 Å². The van der Waals surface area contributed by atoms with E-state index in [-0.39, 0.29) is 0 Å². The number of halogens is 1. The quantitative estimate of drug-likeness (QED) is 0.925. The summed E-state index contributed by atoms with van der Waals surface area (Å²) in [5.74, 6) is 1.50. The van der Waals surface area contributed by atoms with Gasteiger partial charge in [0.1, 0.15) is 5.75 Å². The zero-order chi connectivity index (χ0) is 13.8. The molecule has 0 aliphatic heterocycles. The van der Waals surface area contributed by atoms with E-state index in [0.717, 1.165) is 21.3 Å². The molecule has 100 valence electrons. The van der Waals surface area contributed by atoms with Crippen molar-refractivity contribution in [3.8, 4) is 11.6 Å². The number of benzene rings is 1. The average molecular weight is 321 g/mol. The Balaban J connectivity index is 2.35. The molecule has 1 heterocycles. The fourth-order valence-corrected chi connectivity index (χ4v) is 2.20. The molecule has 2 aromatic rings. The van der Waals surface area contributed by atoms with Gasteiger partial charge in [-0.1, -0.05) is 12.1 Å². The Bertz CT molecular complexity index is 584. The van der Waals surface area contributed by atoms with Gasteiger partial charge < -0.3 is 10.1 Å². The normalized spacial score (nSPS) is 10.5. The largest absolute Gasteiger partial charge is 0.438 e. The summed E-state index contributed by atoms with van der Waals surface area (Å²) in [4.78, 5) is 4.35. The van der Waals surface area contributed by atoms with E-state index >= 15 is 0 Å². The summed E-state index contributed by atoms with van der Waals surface area (Å²) in [6.07, 6.45) is 1.75. The van der Waals surface area contributed by atoms with Crippen LogP contribution in [-0.4, -0.2) is 12.0 Å². The van der Waals surface area contributed by atoms with Gasteiger partial charge in [-0.05, 0) is 60.1 Å². The van der Waals surface area contributed by atoms with Gasteiger partial charge >= 0.3 is 0 Å². The summed E-state index contributed by atoms with van der Waals surface area (Å²) in [6.45, 7) is 4.85. The maximum Gasteiger partial charge on any atom is 0.223 e. The monoisotopic (exact) mass is 320 g/mol. The molecule has 19 heavy (non-hydrogen) atoms. The van der Waals surface area contributed by atoms with Crippen LogP contribution in [0, 0.1) is 13.8 Å². The Hall–Kier alpha value is -1.39. The standard InChI is InChI=1S/C15H17BrN2O/c1-10-5-4-6-14(11(10)2)19-15-12(8-17-3)7-13(16)9-18-15/h4-7,9,17H,8H2,1-3H3. The lowest BCUT2D eigenvalue weighted by Gasteiger charge is -2.13. The molecule has 0 amide bonds. The van der Waals surface area contributed by atoms with Crippen LogP contribution in [0.2, 0.25) is 0 Å². The van der Waals surface area contributed by atoms with E-state index in [0.29, 0.717) is 12.4 Å². The lowest BCUT2D eigenvalue weighted by molar-refractivity contribution is 0.450. The van der Waals surface area contributed by atoms with Crippen molar-refractivity contribution in [2.45, 2.75) is 20.4 Å². The van der Waals surface area contributed by atoms with Crippen molar-refractivity contribution in [2.75, 3.05) is 7.05 Å². The summed E-state index contributed by atoms with van der Waals surface area (Å²) < 4.78 is 6.91. The molecule has 4 heteroatoms. The fraction of sp³-hybridized carbons (Fsp3) is 0.267. The van der Waals surface area contributed by atoms with Crippen molar-refractivity contribution in [1.29, 1.82) is 0 Å². The summed E-state index contributed by atoms with van der Waals surface area (Å²) >= 11 is 3.43. The minimum Gasteiger partial charge on any atom is -0.438 e. The van der Waals surface area contributed by atoms with E-state index < -0.39 is 0 Å². The molecule has 0 aliphatic carbocycles. The molecule has 0 saturated carbocycles. The van der Waals surface area contributed by atoms with Crippen LogP contribution in [0.5, 0.6) is 11.6 Å². The molecule has 1 aromatic heterocycles. The Labute approximate surface area is 122 Å². The molecule has 0 atom stereocenters. The summed E-state index contributed by atoms with van der Waals surface area (Å²) in [5.41, 5.74) is 3.38. The molecule has 2 rings (SSSR count). The van der Waals surface area contributed by atoms with Crippen LogP contribution in [0.3, 0.4) is 0 Å². The Kier molecular flexibility index (Phi) is 4.56. The molecule has 0 bridgehead atoms. The highest BCUT2D eigenvalue weighted by Crippen LogP contribution is 2.29. The average Bonchev–Trinajstić information content (AvgIpc) is 2.38. The molecular formula is C15H17BrN2O.